The number of aromatic nitrogens is 6. The average Bonchev–Trinajstić information content (AvgIpc) is 3.11. The molecule has 3 heterocycles. The highest BCUT2D eigenvalue weighted by Crippen LogP contribution is 2.26. The number of rotatable bonds is 5. The highest BCUT2D eigenvalue weighted by molar-refractivity contribution is 5.86. The molecule has 3 aromatic heterocycles. The van der Waals surface area contributed by atoms with Crippen LogP contribution in [0.2, 0.25) is 0 Å². The monoisotopic (exact) mass is 299 g/mol. The van der Waals surface area contributed by atoms with Crippen molar-refractivity contribution in [1.29, 1.82) is 0 Å². The van der Waals surface area contributed by atoms with E-state index in [2.05, 4.69) is 39.3 Å². The first kappa shape index (κ1) is 14.5. The van der Waals surface area contributed by atoms with Crippen molar-refractivity contribution in [1.82, 2.24) is 29.5 Å². The van der Waals surface area contributed by atoms with Crippen molar-refractivity contribution in [2.75, 3.05) is 5.32 Å². The van der Waals surface area contributed by atoms with Gasteiger partial charge in [0.25, 0.3) is 0 Å². The van der Waals surface area contributed by atoms with Crippen LogP contribution in [0.4, 0.5) is 5.82 Å². The summed E-state index contributed by atoms with van der Waals surface area (Å²) in [5, 5.41) is 13.0. The fourth-order valence-corrected chi connectivity index (χ4v) is 2.54. The van der Waals surface area contributed by atoms with Crippen LogP contribution in [-0.2, 0) is 20.5 Å². The van der Waals surface area contributed by atoms with E-state index in [0.717, 1.165) is 41.1 Å². The molecule has 0 bridgehead atoms. The molecule has 0 amide bonds. The van der Waals surface area contributed by atoms with Crippen LogP contribution in [0.5, 0.6) is 0 Å². The van der Waals surface area contributed by atoms with Crippen molar-refractivity contribution in [3.63, 3.8) is 0 Å². The quantitative estimate of drug-likeness (QED) is 0.782. The third-order valence-corrected chi connectivity index (χ3v) is 3.80. The first-order valence-electron chi connectivity index (χ1n) is 7.56. The van der Waals surface area contributed by atoms with Crippen molar-refractivity contribution in [2.45, 2.75) is 32.7 Å². The summed E-state index contributed by atoms with van der Waals surface area (Å²) in [6.45, 7) is 4.20. The van der Waals surface area contributed by atoms with E-state index in [1.165, 1.54) is 0 Å². The van der Waals surface area contributed by atoms with Crippen LogP contribution < -0.4 is 5.32 Å². The fraction of sp³-hybridized carbons (Fsp3) is 0.467. The number of anilines is 1. The van der Waals surface area contributed by atoms with Gasteiger partial charge < -0.3 is 5.32 Å². The topological polar surface area (TPSA) is 73.5 Å². The molecule has 1 atom stereocenters. The Labute approximate surface area is 129 Å². The molecule has 0 aliphatic carbocycles. The van der Waals surface area contributed by atoms with Gasteiger partial charge in [-0.3, -0.25) is 9.36 Å². The Balaban J connectivity index is 2.01. The second-order valence-electron chi connectivity index (χ2n) is 5.40. The minimum Gasteiger partial charge on any atom is -0.362 e. The van der Waals surface area contributed by atoms with Crippen LogP contribution in [0.25, 0.3) is 11.0 Å². The van der Waals surface area contributed by atoms with Crippen LogP contribution in [0, 0.1) is 0 Å². The zero-order chi connectivity index (χ0) is 15.7. The third-order valence-electron chi connectivity index (χ3n) is 3.80. The summed E-state index contributed by atoms with van der Waals surface area (Å²) in [5.74, 6) is 1.66. The zero-order valence-electron chi connectivity index (χ0n) is 13.4. The van der Waals surface area contributed by atoms with E-state index >= 15 is 0 Å². The molecular formula is C15H21N7. The normalized spacial score (nSPS) is 12.7. The smallest absolute Gasteiger partial charge is 0.163 e. The molecule has 0 spiro atoms. The Hall–Kier alpha value is -2.44. The highest BCUT2D eigenvalue weighted by Gasteiger charge is 2.16. The van der Waals surface area contributed by atoms with Gasteiger partial charge >= 0.3 is 0 Å². The van der Waals surface area contributed by atoms with E-state index in [1.54, 1.807) is 4.68 Å². The molecule has 22 heavy (non-hydrogen) atoms. The van der Waals surface area contributed by atoms with Gasteiger partial charge in [0.2, 0.25) is 0 Å². The Bertz CT molecular complexity index is 786. The van der Waals surface area contributed by atoms with Crippen molar-refractivity contribution in [3.8, 4) is 0 Å². The predicted octanol–water partition coefficient (Wildman–Crippen LogP) is 2.22. The van der Waals surface area contributed by atoms with Gasteiger partial charge in [-0.15, -0.1) is 0 Å². The second kappa shape index (κ2) is 5.75. The molecule has 3 rings (SSSR count). The first-order chi connectivity index (χ1) is 10.6. The summed E-state index contributed by atoms with van der Waals surface area (Å²) in [4.78, 5) is 9.21. The summed E-state index contributed by atoms with van der Waals surface area (Å²) < 4.78 is 3.60. The standard InChI is InChI=1S/C15H21N7/c1-5-12(10-7-16-21(3)9-10)18-14-11-8-17-22(4)15(11)20-13(6-2)19-14/h7-9,12H,5-6H2,1-4H3,(H,18,19,20)/t12-/m1/s1. The molecule has 0 aromatic carbocycles. The van der Waals surface area contributed by atoms with E-state index in [4.69, 9.17) is 0 Å². The second-order valence-corrected chi connectivity index (χ2v) is 5.40. The molecule has 0 aliphatic rings. The Morgan fingerprint density at radius 2 is 1.95 bits per heavy atom. The molecule has 7 heteroatoms. The maximum Gasteiger partial charge on any atom is 0.163 e. The number of aryl methyl sites for hydroxylation is 3. The number of hydrogen-bond donors (Lipinski definition) is 1. The lowest BCUT2D eigenvalue weighted by atomic mass is 10.1. The largest absolute Gasteiger partial charge is 0.362 e. The van der Waals surface area contributed by atoms with Gasteiger partial charge in [-0.25, -0.2) is 9.97 Å². The van der Waals surface area contributed by atoms with Gasteiger partial charge in [0, 0.05) is 32.3 Å². The number of nitrogens with zero attached hydrogens (tertiary/aromatic N) is 6. The lowest BCUT2D eigenvalue weighted by Gasteiger charge is -2.17. The molecule has 0 radical (unpaired) electrons. The maximum atomic E-state index is 4.65. The van der Waals surface area contributed by atoms with Gasteiger partial charge in [0.15, 0.2) is 5.65 Å². The Kier molecular flexibility index (Phi) is 3.79. The highest BCUT2D eigenvalue weighted by atomic mass is 15.3. The van der Waals surface area contributed by atoms with E-state index in [1.807, 2.05) is 37.4 Å². The summed E-state index contributed by atoms with van der Waals surface area (Å²) in [5.41, 5.74) is 2.01. The molecule has 116 valence electrons. The summed E-state index contributed by atoms with van der Waals surface area (Å²) in [7, 11) is 3.83. The molecule has 7 nitrogen and oxygen atoms in total. The van der Waals surface area contributed by atoms with Crippen molar-refractivity contribution in [2.24, 2.45) is 14.1 Å². The molecule has 3 aromatic rings. The van der Waals surface area contributed by atoms with E-state index < -0.39 is 0 Å². The van der Waals surface area contributed by atoms with Crippen LogP contribution in [0.1, 0.15) is 37.7 Å². The minimum absolute atomic E-state index is 0.164. The van der Waals surface area contributed by atoms with Gasteiger partial charge in [-0.05, 0) is 6.42 Å². The number of fused-ring (bicyclic) bond motifs is 1. The van der Waals surface area contributed by atoms with Gasteiger partial charge in [-0.1, -0.05) is 13.8 Å². The van der Waals surface area contributed by atoms with Gasteiger partial charge in [0.05, 0.1) is 23.8 Å². The molecule has 1 N–H and O–H groups in total. The van der Waals surface area contributed by atoms with E-state index in [9.17, 15) is 0 Å². The average molecular weight is 299 g/mol. The SMILES string of the molecule is CCc1nc(N[C@H](CC)c2cnn(C)c2)c2cnn(C)c2n1. The van der Waals surface area contributed by atoms with E-state index in [0.29, 0.717) is 0 Å². The summed E-state index contributed by atoms with van der Waals surface area (Å²) in [6.07, 6.45) is 7.47. The van der Waals surface area contributed by atoms with Crippen molar-refractivity contribution < 1.29 is 0 Å². The number of hydrogen-bond acceptors (Lipinski definition) is 5. The molecular weight excluding hydrogens is 278 g/mol. The van der Waals surface area contributed by atoms with Crippen LogP contribution >= 0.6 is 0 Å². The zero-order valence-corrected chi connectivity index (χ0v) is 13.4. The summed E-state index contributed by atoms with van der Waals surface area (Å²) in [6, 6.07) is 0.164. The minimum atomic E-state index is 0.164. The Morgan fingerprint density at radius 1 is 1.14 bits per heavy atom. The van der Waals surface area contributed by atoms with Crippen LogP contribution in [-0.4, -0.2) is 29.5 Å². The predicted molar refractivity (Wildman–Crippen MR) is 85.5 cm³/mol. The first-order valence-corrected chi connectivity index (χ1v) is 7.56. The lowest BCUT2D eigenvalue weighted by molar-refractivity contribution is 0.735. The molecule has 0 fully saturated rings. The lowest BCUT2D eigenvalue weighted by Crippen LogP contribution is -2.12. The third kappa shape index (κ3) is 2.54. The van der Waals surface area contributed by atoms with Crippen molar-refractivity contribution in [3.05, 3.63) is 30.0 Å². The summed E-state index contributed by atoms with van der Waals surface area (Å²) >= 11 is 0. The molecule has 0 saturated heterocycles. The molecule has 0 aliphatic heterocycles. The van der Waals surface area contributed by atoms with Crippen LogP contribution in [0.15, 0.2) is 18.6 Å². The van der Waals surface area contributed by atoms with Crippen LogP contribution in [0.3, 0.4) is 0 Å². The van der Waals surface area contributed by atoms with E-state index in [-0.39, 0.29) is 6.04 Å². The Morgan fingerprint density at radius 3 is 2.59 bits per heavy atom. The maximum absolute atomic E-state index is 4.65. The molecule has 0 unspecified atom stereocenters. The van der Waals surface area contributed by atoms with Crippen molar-refractivity contribution >= 4 is 16.9 Å². The fourth-order valence-electron chi connectivity index (χ4n) is 2.54. The van der Waals surface area contributed by atoms with Gasteiger partial charge in [-0.2, -0.15) is 10.2 Å². The van der Waals surface area contributed by atoms with Gasteiger partial charge in [0.1, 0.15) is 11.6 Å². The number of nitrogens with one attached hydrogen (secondary N) is 1. The molecule has 0 saturated carbocycles.